The first-order valence-electron chi connectivity index (χ1n) is 10.00. The topological polar surface area (TPSA) is 55.6 Å². The number of carbonyl (C=O) groups is 1. The summed E-state index contributed by atoms with van der Waals surface area (Å²) in [6.45, 7) is 7.02. The molecule has 1 aliphatic rings. The predicted molar refractivity (Wildman–Crippen MR) is 114 cm³/mol. The first-order valence-corrected chi connectivity index (χ1v) is 10.4. The summed E-state index contributed by atoms with van der Waals surface area (Å²) >= 11 is 6.22. The zero-order valence-corrected chi connectivity index (χ0v) is 17.7. The molecule has 0 bridgehead atoms. The van der Waals surface area contributed by atoms with E-state index in [2.05, 4.69) is 4.98 Å². The first-order chi connectivity index (χ1) is 13.9. The molecule has 0 N–H and O–H groups in total. The third-order valence-corrected chi connectivity index (χ3v) is 6.13. The largest absolute Gasteiger partial charge is 0.481 e. The van der Waals surface area contributed by atoms with Gasteiger partial charge in [-0.15, -0.1) is 0 Å². The summed E-state index contributed by atoms with van der Waals surface area (Å²) in [5.74, 6) is 1.69. The number of amides is 1. The van der Waals surface area contributed by atoms with E-state index >= 15 is 0 Å². The molecule has 1 unspecified atom stereocenters. The van der Waals surface area contributed by atoms with Gasteiger partial charge in [0.2, 0.25) is 0 Å². The fourth-order valence-corrected chi connectivity index (χ4v) is 4.01. The standard InChI is InChI=1S/C23H25ClN2O3/c1-14-12-18(13-15(2)21(14)24)28-16(3)23(27)26-10-8-17(9-11-26)22-25-19-6-4-5-7-20(19)29-22/h4-7,12-13,16-17H,8-11H2,1-3H3. The fourth-order valence-electron chi connectivity index (χ4n) is 3.90. The molecule has 1 atom stereocenters. The number of fused-ring (bicyclic) bond motifs is 1. The van der Waals surface area contributed by atoms with Crippen LogP contribution in [-0.2, 0) is 4.79 Å². The molecule has 0 aliphatic carbocycles. The first kappa shape index (κ1) is 19.8. The number of halogens is 1. The summed E-state index contributed by atoms with van der Waals surface area (Å²) < 4.78 is 11.8. The van der Waals surface area contributed by atoms with Crippen molar-refractivity contribution >= 4 is 28.6 Å². The van der Waals surface area contributed by atoms with Crippen LogP contribution in [0.15, 0.2) is 40.8 Å². The molecule has 0 spiro atoms. The molecule has 5 nitrogen and oxygen atoms in total. The Morgan fingerprint density at radius 2 is 1.86 bits per heavy atom. The number of oxazole rings is 1. The second-order valence-electron chi connectivity index (χ2n) is 7.75. The molecule has 1 aromatic heterocycles. The summed E-state index contributed by atoms with van der Waals surface area (Å²) in [4.78, 5) is 19.3. The van der Waals surface area contributed by atoms with Gasteiger partial charge < -0.3 is 14.1 Å². The van der Waals surface area contributed by atoms with E-state index < -0.39 is 6.10 Å². The summed E-state index contributed by atoms with van der Waals surface area (Å²) in [6, 6.07) is 11.5. The van der Waals surface area contributed by atoms with Gasteiger partial charge >= 0.3 is 0 Å². The monoisotopic (exact) mass is 412 g/mol. The zero-order chi connectivity index (χ0) is 20.5. The van der Waals surface area contributed by atoms with Gasteiger partial charge in [0.1, 0.15) is 11.3 Å². The molecule has 1 saturated heterocycles. The molecular formula is C23H25ClN2O3. The van der Waals surface area contributed by atoms with Gasteiger partial charge in [0.25, 0.3) is 5.91 Å². The van der Waals surface area contributed by atoms with Crippen LogP contribution < -0.4 is 4.74 Å². The SMILES string of the molecule is Cc1cc(OC(C)C(=O)N2CCC(c3nc4ccccc4o3)CC2)cc(C)c1Cl. The third-order valence-electron chi connectivity index (χ3n) is 5.54. The highest BCUT2D eigenvalue weighted by Gasteiger charge is 2.30. The average Bonchev–Trinajstić information content (AvgIpc) is 3.16. The van der Waals surface area contributed by atoms with Crippen molar-refractivity contribution in [2.24, 2.45) is 0 Å². The summed E-state index contributed by atoms with van der Waals surface area (Å²) in [5.41, 5.74) is 3.59. The van der Waals surface area contributed by atoms with Gasteiger partial charge in [-0.05, 0) is 69.0 Å². The molecule has 2 heterocycles. The molecule has 29 heavy (non-hydrogen) atoms. The van der Waals surface area contributed by atoms with Crippen LogP contribution in [0.3, 0.4) is 0 Å². The van der Waals surface area contributed by atoms with Crippen LogP contribution in [0.4, 0.5) is 0 Å². The van der Waals surface area contributed by atoms with Gasteiger partial charge in [0.15, 0.2) is 17.6 Å². The Hall–Kier alpha value is -2.53. The molecule has 1 fully saturated rings. The van der Waals surface area contributed by atoms with E-state index in [4.69, 9.17) is 20.8 Å². The minimum absolute atomic E-state index is 0.00581. The average molecular weight is 413 g/mol. The van der Waals surface area contributed by atoms with Crippen LogP contribution in [0, 0.1) is 13.8 Å². The molecule has 3 aromatic rings. The summed E-state index contributed by atoms with van der Waals surface area (Å²) in [5, 5.41) is 0.734. The van der Waals surface area contributed by atoms with Gasteiger partial charge in [-0.2, -0.15) is 0 Å². The van der Waals surface area contributed by atoms with Crippen LogP contribution >= 0.6 is 11.6 Å². The van der Waals surface area contributed by atoms with Crippen LogP contribution in [0.5, 0.6) is 5.75 Å². The Kier molecular flexibility index (Phi) is 5.50. The van der Waals surface area contributed by atoms with Gasteiger partial charge in [-0.25, -0.2) is 4.98 Å². The molecule has 152 valence electrons. The van der Waals surface area contributed by atoms with Gasteiger partial charge in [-0.1, -0.05) is 23.7 Å². The lowest BCUT2D eigenvalue weighted by Crippen LogP contribution is -2.44. The predicted octanol–water partition coefficient (Wildman–Crippen LogP) is 5.27. The Morgan fingerprint density at radius 1 is 1.21 bits per heavy atom. The smallest absolute Gasteiger partial charge is 0.263 e. The number of hydrogen-bond acceptors (Lipinski definition) is 4. The number of likely N-dealkylation sites (tertiary alicyclic amines) is 1. The van der Waals surface area contributed by atoms with E-state index in [0.717, 1.165) is 46.0 Å². The molecule has 6 heteroatoms. The van der Waals surface area contributed by atoms with E-state index in [-0.39, 0.29) is 11.8 Å². The second-order valence-corrected chi connectivity index (χ2v) is 8.13. The van der Waals surface area contributed by atoms with Crippen molar-refractivity contribution in [1.29, 1.82) is 0 Å². The second kappa shape index (κ2) is 8.07. The molecule has 0 saturated carbocycles. The van der Waals surface area contributed by atoms with Crippen LogP contribution in [0.2, 0.25) is 5.02 Å². The Bertz CT molecular complexity index is 982. The van der Waals surface area contributed by atoms with Crippen molar-refractivity contribution in [3.63, 3.8) is 0 Å². The lowest BCUT2D eigenvalue weighted by atomic mass is 9.96. The quantitative estimate of drug-likeness (QED) is 0.585. The Balaban J connectivity index is 1.37. The highest BCUT2D eigenvalue weighted by Crippen LogP contribution is 2.31. The molecule has 2 aromatic carbocycles. The molecule has 0 radical (unpaired) electrons. The number of aryl methyl sites for hydroxylation is 2. The minimum Gasteiger partial charge on any atom is -0.481 e. The van der Waals surface area contributed by atoms with Crippen LogP contribution in [-0.4, -0.2) is 35.0 Å². The number of piperidine rings is 1. The molecule has 1 aliphatic heterocycles. The van der Waals surface area contributed by atoms with E-state index in [9.17, 15) is 4.79 Å². The number of carbonyl (C=O) groups excluding carboxylic acids is 1. The minimum atomic E-state index is -0.546. The maximum Gasteiger partial charge on any atom is 0.263 e. The number of benzene rings is 2. The molecule has 4 rings (SSSR count). The highest BCUT2D eigenvalue weighted by molar-refractivity contribution is 6.32. The Morgan fingerprint density at radius 3 is 2.52 bits per heavy atom. The lowest BCUT2D eigenvalue weighted by Gasteiger charge is -2.32. The van der Waals surface area contributed by atoms with Gasteiger partial charge in [-0.3, -0.25) is 4.79 Å². The Labute approximate surface area is 175 Å². The van der Waals surface area contributed by atoms with Crippen molar-refractivity contribution in [3.8, 4) is 5.75 Å². The van der Waals surface area contributed by atoms with Crippen molar-refractivity contribution in [3.05, 3.63) is 58.4 Å². The van der Waals surface area contributed by atoms with Crippen molar-refractivity contribution in [2.45, 2.75) is 45.6 Å². The normalized spacial score (nSPS) is 16.2. The van der Waals surface area contributed by atoms with Crippen molar-refractivity contribution < 1.29 is 13.9 Å². The van der Waals surface area contributed by atoms with Gasteiger partial charge in [0, 0.05) is 24.0 Å². The number of rotatable bonds is 4. The maximum absolute atomic E-state index is 12.9. The van der Waals surface area contributed by atoms with Crippen molar-refractivity contribution in [2.75, 3.05) is 13.1 Å². The molecule has 1 amide bonds. The van der Waals surface area contributed by atoms with E-state index in [1.165, 1.54) is 0 Å². The summed E-state index contributed by atoms with van der Waals surface area (Å²) in [7, 11) is 0. The van der Waals surface area contributed by atoms with E-state index in [1.54, 1.807) is 6.92 Å². The van der Waals surface area contributed by atoms with Crippen LogP contribution in [0.25, 0.3) is 11.1 Å². The number of ether oxygens (including phenoxy) is 1. The van der Waals surface area contributed by atoms with E-state index in [1.807, 2.05) is 55.1 Å². The van der Waals surface area contributed by atoms with Crippen LogP contribution in [0.1, 0.15) is 42.7 Å². The number of aromatic nitrogens is 1. The summed E-state index contributed by atoms with van der Waals surface area (Å²) in [6.07, 6.45) is 1.13. The van der Waals surface area contributed by atoms with E-state index in [0.29, 0.717) is 18.8 Å². The maximum atomic E-state index is 12.9. The number of para-hydroxylation sites is 2. The fraction of sp³-hybridized carbons (Fsp3) is 0.391. The number of hydrogen-bond donors (Lipinski definition) is 0. The number of nitrogens with zero attached hydrogens (tertiary/aromatic N) is 2. The van der Waals surface area contributed by atoms with Gasteiger partial charge in [0.05, 0.1) is 0 Å². The van der Waals surface area contributed by atoms with Crippen molar-refractivity contribution in [1.82, 2.24) is 9.88 Å². The zero-order valence-electron chi connectivity index (χ0n) is 16.9. The third kappa shape index (κ3) is 4.10. The lowest BCUT2D eigenvalue weighted by molar-refractivity contribution is -0.139. The highest BCUT2D eigenvalue weighted by atomic mass is 35.5. The molecular weight excluding hydrogens is 388 g/mol.